The summed E-state index contributed by atoms with van der Waals surface area (Å²) in [5.74, 6) is -0.625. The predicted molar refractivity (Wildman–Crippen MR) is 254 cm³/mol. The first-order chi connectivity index (χ1) is 30.7. The number of imide groups is 1. The Bertz CT molecular complexity index is 2320. The lowest BCUT2D eigenvalue weighted by Gasteiger charge is -2.39. The molecule has 0 saturated carbocycles. The molecule has 5 rings (SSSR count). The summed E-state index contributed by atoms with van der Waals surface area (Å²) in [5.41, 5.74) is -1.82. The quantitative estimate of drug-likeness (QED) is 0.158. The first-order valence-electron chi connectivity index (χ1n) is 21.3. The molecule has 2 aliphatic rings. The number of aromatic nitrogens is 2. The van der Waals surface area contributed by atoms with Crippen LogP contribution in [0.5, 0.6) is 11.5 Å². The summed E-state index contributed by atoms with van der Waals surface area (Å²) in [6.45, 7) is 21.7. The number of hydrogen-bond donors (Lipinski definition) is 1. The molecule has 18 nitrogen and oxygen atoms in total. The number of carbonyl (C=O) groups is 5. The predicted octanol–water partition coefficient (Wildman–Crippen LogP) is 10.2. The minimum absolute atomic E-state index is 0.0422. The van der Waals surface area contributed by atoms with Crippen LogP contribution in [0.1, 0.15) is 81.6 Å². The van der Waals surface area contributed by atoms with Gasteiger partial charge in [-0.2, -0.15) is 4.90 Å². The van der Waals surface area contributed by atoms with E-state index in [9.17, 15) is 24.0 Å². The summed E-state index contributed by atoms with van der Waals surface area (Å²) < 4.78 is 28.0. The van der Waals surface area contributed by atoms with Gasteiger partial charge in [0.05, 0.1) is 25.6 Å². The number of nitrogens with one attached hydrogen (secondary N) is 1. The second-order valence-corrected chi connectivity index (χ2v) is 19.8. The Balaban J connectivity index is 1.55. The summed E-state index contributed by atoms with van der Waals surface area (Å²) in [5, 5.41) is 2.46. The van der Waals surface area contributed by atoms with Crippen LogP contribution in [0.2, 0.25) is 10.0 Å². The van der Waals surface area contributed by atoms with Crippen molar-refractivity contribution in [1.29, 1.82) is 0 Å². The van der Waals surface area contributed by atoms with Crippen molar-refractivity contribution in [3.05, 3.63) is 59.4 Å². The van der Waals surface area contributed by atoms with E-state index in [1.54, 1.807) is 58.6 Å². The van der Waals surface area contributed by atoms with Gasteiger partial charge < -0.3 is 38.8 Å². The van der Waals surface area contributed by atoms with Crippen molar-refractivity contribution in [1.82, 2.24) is 14.9 Å². The summed E-state index contributed by atoms with van der Waals surface area (Å²) in [7, 11) is 4.01. The van der Waals surface area contributed by atoms with Gasteiger partial charge in [0.15, 0.2) is 0 Å². The topological polar surface area (TPSA) is 186 Å². The van der Waals surface area contributed by atoms with Gasteiger partial charge in [0.1, 0.15) is 62.0 Å². The molecular formula is C46H60Cl2N8O10. The van der Waals surface area contributed by atoms with Gasteiger partial charge in [0, 0.05) is 51.0 Å². The minimum atomic E-state index is -1.14. The number of ether oxygens (including phenoxy) is 5. The van der Waals surface area contributed by atoms with E-state index in [-0.39, 0.29) is 61.8 Å². The summed E-state index contributed by atoms with van der Waals surface area (Å²) in [4.78, 5) is 84.3. The number of methoxy groups -OCH3 is 2. The number of urea groups is 1. The van der Waals surface area contributed by atoms with E-state index in [0.29, 0.717) is 31.1 Å². The van der Waals surface area contributed by atoms with Crippen LogP contribution in [-0.4, -0.2) is 109 Å². The monoisotopic (exact) mass is 954 g/mol. The third kappa shape index (κ3) is 12.1. The molecule has 1 spiro atoms. The molecule has 0 radical (unpaired) electrons. The third-order valence-electron chi connectivity index (χ3n) is 10.6. The van der Waals surface area contributed by atoms with Crippen molar-refractivity contribution >= 4 is 87.8 Å². The number of carbonyl (C=O) groups excluding carboxylic acids is 5. The fourth-order valence-corrected chi connectivity index (χ4v) is 8.08. The van der Waals surface area contributed by atoms with Crippen LogP contribution in [-0.2, 0) is 19.0 Å². The van der Waals surface area contributed by atoms with E-state index < -0.39 is 40.9 Å². The first-order valence-corrected chi connectivity index (χ1v) is 22.0. The third-order valence-corrected chi connectivity index (χ3v) is 11.3. The highest BCUT2D eigenvalue weighted by atomic mass is 35.5. The van der Waals surface area contributed by atoms with Gasteiger partial charge in [-0.3, -0.25) is 9.69 Å². The molecule has 358 valence electrons. The highest BCUT2D eigenvalue weighted by molar-refractivity contribution is 6.43. The number of nitrogens with zero attached hydrogens (tertiary/aromatic N) is 7. The van der Waals surface area contributed by atoms with Crippen LogP contribution < -0.4 is 34.4 Å². The van der Waals surface area contributed by atoms with E-state index >= 15 is 0 Å². The zero-order chi connectivity index (χ0) is 49.1. The molecule has 0 atom stereocenters. The molecule has 20 heteroatoms. The summed E-state index contributed by atoms with van der Waals surface area (Å²) in [6, 6.07) is 6.95. The van der Waals surface area contributed by atoms with E-state index in [1.165, 1.54) is 33.4 Å². The SMILES string of the molecule is C=CC(=O)Nc1cc(N2CCC3(CCN(C(=O)OC(C)(C)C)CC3)C2)ccc1N(C(=O)OC(C)(C)C)c1cc(N(C)C(=O)N(C(=O)OC(C)(C)C)c2c(Cl)c(OC)cc(OC)c2Cl)ncn1. The van der Waals surface area contributed by atoms with E-state index in [1.807, 2.05) is 26.8 Å². The molecule has 2 aromatic carbocycles. The first kappa shape index (κ1) is 51.0. The lowest BCUT2D eigenvalue weighted by Crippen LogP contribution is -2.48. The second-order valence-electron chi connectivity index (χ2n) is 19.0. The zero-order valence-electron chi connectivity index (χ0n) is 39.7. The standard InChI is InChI=1S/C46H60Cl2N8O10/c1-14-35(57)51-29-23-28(54-22-19-46(26-54)17-20-53(21-18-46)40(59)64-43(2,3)4)15-16-30(29)55(41(60)65-44(5,6)7)34-25-33(49-27-50-34)52(11)39(58)56(42(61)66-45(8,9)10)38-36(47)31(62-12)24-32(63-13)37(38)48/h14-16,23-25,27H,1,17-22,26H2,2-13H3,(H,51,57). The number of hydrogen-bond acceptors (Lipinski definition) is 13. The number of benzene rings is 2. The molecular weight excluding hydrogens is 895 g/mol. The van der Waals surface area contributed by atoms with E-state index in [4.69, 9.17) is 46.9 Å². The van der Waals surface area contributed by atoms with Gasteiger partial charge in [-0.15, -0.1) is 0 Å². The molecule has 2 aliphatic heterocycles. The van der Waals surface area contributed by atoms with Crippen LogP contribution in [0, 0.1) is 5.41 Å². The fourth-order valence-electron chi connectivity index (χ4n) is 7.41. The number of anilines is 6. The maximum atomic E-state index is 14.6. The lowest BCUT2D eigenvalue weighted by atomic mass is 9.78. The van der Waals surface area contributed by atoms with Crippen molar-refractivity contribution in [2.24, 2.45) is 5.41 Å². The van der Waals surface area contributed by atoms with Crippen molar-refractivity contribution in [3.63, 3.8) is 0 Å². The molecule has 2 fully saturated rings. The van der Waals surface area contributed by atoms with Crippen molar-refractivity contribution in [3.8, 4) is 11.5 Å². The van der Waals surface area contributed by atoms with Crippen LogP contribution in [0.3, 0.4) is 0 Å². The number of amides is 6. The van der Waals surface area contributed by atoms with Crippen LogP contribution in [0.15, 0.2) is 49.3 Å². The molecule has 1 aromatic heterocycles. The number of piperidine rings is 1. The van der Waals surface area contributed by atoms with Gasteiger partial charge in [0.2, 0.25) is 5.91 Å². The number of rotatable bonds is 9. The normalized spacial score (nSPS) is 14.8. The lowest BCUT2D eigenvalue weighted by molar-refractivity contribution is -0.111. The number of likely N-dealkylation sites (tertiary alicyclic amines) is 1. The second kappa shape index (κ2) is 19.8. The highest BCUT2D eigenvalue weighted by Gasteiger charge is 2.43. The Morgan fingerprint density at radius 2 is 1.32 bits per heavy atom. The molecule has 0 aliphatic carbocycles. The molecule has 3 heterocycles. The van der Waals surface area contributed by atoms with Gasteiger partial charge in [-0.25, -0.2) is 34.0 Å². The molecule has 0 bridgehead atoms. The van der Waals surface area contributed by atoms with Crippen LogP contribution in [0.4, 0.5) is 53.6 Å². The van der Waals surface area contributed by atoms with Gasteiger partial charge in [-0.05, 0) is 111 Å². The van der Waals surface area contributed by atoms with Crippen LogP contribution >= 0.6 is 23.2 Å². The van der Waals surface area contributed by atoms with Crippen LogP contribution in [0.25, 0.3) is 0 Å². The summed E-state index contributed by atoms with van der Waals surface area (Å²) in [6.07, 6.45) is 2.37. The molecule has 3 aromatic rings. The van der Waals surface area contributed by atoms with E-state index in [0.717, 1.165) is 47.2 Å². The van der Waals surface area contributed by atoms with Gasteiger partial charge >= 0.3 is 24.3 Å². The average molecular weight is 956 g/mol. The Morgan fingerprint density at radius 3 is 1.86 bits per heavy atom. The maximum Gasteiger partial charge on any atom is 0.423 e. The van der Waals surface area contributed by atoms with E-state index in [2.05, 4.69) is 26.8 Å². The fraction of sp³-hybridized carbons (Fsp3) is 0.500. The van der Waals surface area contributed by atoms with Gasteiger partial charge in [-0.1, -0.05) is 29.8 Å². The zero-order valence-corrected chi connectivity index (χ0v) is 41.2. The molecule has 2 saturated heterocycles. The van der Waals surface area contributed by atoms with Gasteiger partial charge in [0.25, 0.3) is 0 Å². The molecule has 1 N–H and O–H groups in total. The Labute approximate surface area is 396 Å². The highest BCUT2D eigenvalue weighted by Crippen LogP contribution is 2.48. The summed E-state index contributed by atoms with van der Waals surface area (Å²) >= 11 is 13.5. The van der Waals surface area contributed by atoms with Crippen molar-refractivity contribution in [2.75, 3.05) is 72.4 Å². The van der Waals surface area contributed by atoms with Crippen molar-refractivity contribution < 1.29 is 47.7 Å². The largest absolute Gasteiger partial charge is 0.495 e. The molecule has 6 amide bonds. The maximum absolute atomic E-state index is 14.6. The average Bonchev–Trinajstić information content (AvgIpc) is 3.63. The Kier molecular flexibility index (Phi) is 15.3. The smallest absolute Gasteiger partial charge is 0.423 e. The Morgan fingerprint density at radius 1 is 0.773 bits per heavy atom. The minimum Gasteiger partial charge on any atom is -0.495 e. The number of halogens is 2. The molecule has 66 heavy (non-hydrogen) atoms. The van der Waals surface area contributed by atoms with Crippen molar-refractivity contribution in [2.45, 2.75) is 98.4 Å². The Hall–Kier alpha value is -6.01. The molecule has 0 unspecified atom stereocenters.